The fourth-order valence-corrected chi connectivity index (χ4v) is 4.32. The third-order valence-electron chi connectivity index (χ3n) is 4.73. The summed E-state index contributed by atoms with van der Waals surface area (Å²) in [6.07, 6.45) is 3.88. The van der Waals surface area contributed by atoms with Crippen molar-refractivity contribution in [1.29, 1.82) is 0 Å². The van der Waals surface area contributed by atoms with E-state index < -0.39 is 6.23 Å². The Morgan fingerprint density at radius 2 is 2.00 bits per heavy atom. The van der Waals surface area contributed by atoms with Crippen LogP contribution in [0.25, 0.3) is 16.2 Å². The zero-order chi connectivity index (χ0) is 18.6. The van der Waals surface area contributed by atoms with Crippen LogP contribution in [0, 0.1) is 0 Å². The predicted octanol–water partition coefficient (Wildman–Crippen LogP) is 3.91. The number of nitrogens with zero attached hydrogens (tertiary/aromatic N) is 1. The molecule has 1 fully saturated rings. The van der Waals surface area contributed by atoms with Crippen LogP contribution < -0.4 is 0 Å². The molecule has 4 nitrogen and oxygen atoms in total. The minimum Gasteiger partial charge on any atom is -0.349 e. The fraction of sp³-hybridized carbons (Fsp3) is 0.182. The van der Waals surface area contributed by atoms with E-state index in [1.54, 1.807) is 16.2 Å². The summed E-state index contributed by atoms with van der Waals surface area (Å²) in [5, 5.41) is 3.20. The molecule has 1 saturated heterocycles. The molecule has 1 aliphatic heterocycles. The monoisotopic (exact) mass is 377 g/mol. The number of hydrogen-bond donors (Lipinski definition) is 0. The van der Waals surface area contributed by atoms with Gasteiger partial charge in [0.25, 0.3) is 0 Å². The van der Waals surface area contributed by atoms with Crippen LogP contribution in [-0.2, 0) is 20.7 Å². The van der Waals surface area contributed by atoms with E-state index in [9.17, 15) is 9.59 Å². The van der Waals surface area contributed by atoms with E-state index in [1.165, 1.54) is 6.08 Å². The highest BCUT2D eigenvalue weighted by molar-refractivity contribution is 7.17. The maximum atomic E-state index is 12.9. The molecule has 0 bridgehead atoms. The van der Waals surface area contributed by atoms with Gasteiger partial charge >= 0.3 is 0 Å². The molecule has 0 radical (unpaired) electrons. The Bertz CT molecular complexity index is 979. The first-order valence-corrected chi connectivity index (χ1v) is 9.71. The lowest BCUT2D eigenvalue weighted by molar-refractivity contribution is -0.138. The Hall–Kier alpha value is -2.76. The Balaban J connectivity index is 1.55. The van der Waals surface area contributed by atoms with E-state index in [-0.39, 0.29) is 11.9 Å². The summed E-state index contributed by atoms with van der Waals surface area (Å²) in [6, 6.07) is 17.9. The van der Waals surface area contributed by atoms with E-state index in [0.717, 1.165) is 21.2 Å². The molecule has 1 amide bonds. The summed E-state index contributed by atoms with van der Waals surface area (Å²) in [5.74, 6) is -0.209. The minimum absolute atomic E-state index is 0.155. The maximum Gasteiger partial charge on any atom is 0.249 e. The molecule has 2 heterocycles. The van der Waals surface area contributed by atoms with Gasteiger partial charge in [0, 0.05) is 10.8 Å². The maximum absolute atomic E-state index is 12.9. The molecule has 5 heteroatoms. The number of carbonyl (C=O) groups excluding carboxylic acids is 2. The first-order chi connectivity index (χ1) is 13.3. The number of amides is 1. The predicted molar refractivity (Wildman–Crippen MR) is 107 cm³/mol. The topological polar surface area (TPSA) is 46.6 Å². The molecule has 2 atom stereocenters. The lowest BCUT2D eigenvalue weighted by Crippen LogP contribution is -2.42. The molecule has 136 valence electrons. The zero-order valence-corrected chi connectivity index (χ0v) is 15.5. The molecular weight excluding hydrogens is 358 g/mol. The van der Waals surface area contributed by atoms with Crippen molar-refractivity contribution < 1.29 is 14.3 Å². The highest BCUT2D eigenvalue weighted by Crippen LogP contribution is 2.26. The molecular formula is C22H19NO3S. The Morgan fingerprint density at radius 1 is 1.15 bits per heavy atom. The van der Waals surface area contributed by atoms with Crippen LogP contribution >= 0.6 is 11.3 Å². The summed E-state index contributed by atoms with van der Waals surface area (Å²) in [5.41, 5.74) is 2.11. The second kappa shape index (κ2) is 7.86. The van der Waals surface area contributed by atoms with E-state index >= 15 is 0 Å². The number of carbonyl (C=O) groups is 2. The SMILES string of the molecule is O=CC1OC[C@@H](Cc2ccccc2)N1C(=O)/C=C/c1cccc2ccsc12. The van der Waals surface area contributed by atoms with Gasteiger partial charge in [-0.05, 0) is 40.5 Å². The van der Waals surface area contributed by atoms with Gasteiger partial charge in [0.15, 0.2) is 12.5 Å². The van der Waals surface area contributed by atoms with Gasteiger partial charge in [-0.3, -0.25) is 9.59 Å². The van der Waals surface area contributed by atoms with E-state index in [4.69, 9.17) is 4.74 Å². The lowest BCUT2D eigenvalue weighted by atomic mass is 10.1. The van der Waals surface area contributed by atoms with Gasteiger partial charge in [-0.2, -0.15) is 0 Å². The quantitative estimate of drug-likeness (QED) is 0.500. The number of thiophene rings is 1. The minimum atomic E-state index is -0.826. The van der Waals surface area contributed by atoms with Gasteiger partial charge in [0.05, 0.1) is 12.6 Å². The van der Waals surface area contributed by atoms with Crippen molar-refractivity contribution in [2.45, 2.75) is 18.7 Å². The number of aldehydes is 1. The van der Waals surface area contributed by atoms with Crippen molar-refractivity contribution in [3.8, 4) is 0 Å². The van der Waals surface area contributed by atoms with Crippen LogP contribution in [0.3, 0.4) is 0 Å². The average Bonchev–Trinajstić information content (AvgIpc) is 3.34. The second-order valence-corrected chi connectivity index (χ2v) is 7.38. The summed E-state index contributed by atoms with van der Waals surface area (Å²) in [4.78, 5) is 25.8. The summed E-state index contributed by atoms with van der Waals surface area (Å²) in [7, 11) is 0. The number of fused-ring (bicyclic) bond motifs is 1. The first kappa shape index (κ1) is 17.6. The van der Waals surface area contributed by atoms with E-state index in [2.05, 4.69) is 12.1 Å². The summed E-state index contributed by atoms with van der Waals surface area (Å²) < 4.78 is 6.68. The molecule has 0 saturated carbocycles. The van der Waals surface area contributed by atoms with E-state index in [0.29, 0.717) is 19.3 Å². The van der Waals surface area contributed by atoms with Crippen molar-refractivity contribution in [2.24, 2.45) is 0 Å². The molecule has 1 aliphatic rings. The van der Waals surface area contributed by atoms with Crippen LogP contribution in [0.1, 0.15) is 11.1 Å². The molecule has 1 aromatic heterocycles. The zero-order valence-electron chi connectivity index (χ0n) is 14.7. The van der Waals surface area contributed by atoms with Crippen molar-refractivity contribution in [1.82, 2.24) is 4.90 Å². The van der Waals surface area contributed by atoms with Gasteiger partial charge < -0.3 is 9.64 Å². The van der Waals surface area contributed by atoms with Crippen molar-refractivity contribution in [2.75, 3.05) is 6.61 Å². The van der Waals surface area contributed by atoms with Gasteiger partial charge in [-0.15, -0.1) is 11.3 Å². The third-order valence-corrected chi connectivity index (χ3v) is 5.71. The highest BCUT2D eigenvalue weighted by Gasteiger charge is 2.36. The smallest absolute Gasteiger partial charge is 0.249 e. The number of hydrogen-bond acceptors (Lipinski definition) is 4. The Labute approximate surface area is 161 Å². The Morgan fingerprint density at radius 3 is 2.81 bits per heavy atom. The normalized spacial score (nSPS) is 19.8. The number of ether oxygens (including phenoxy) is 1. The van der Waals surface area contributed by atoms with Crippen molar-refractivity contribution >= 4 is 39.7 Å². The Kier molecular flexibility index (Phi) is 5.14. The molecule has 27 heavy (non-hydrogen) atoms. The molecule has 4 rings (SSSR count). The van der Waals surface area contributed by atoms with Gasteiger partial charge in [-0.25, -0.2) is 0 Å². The number of benzene rings is 2. The second-order valence-electron chi connectivity index (χ2n) is 6.47. The van der Waals surface area contributed by atoms with E-state index in [1.807, 2.05) is 53.9 Å². The molecule has 0 spiro atoms. The largest absolute Gasteiger partial charge is 0.349 e. The molecule has 2 aromatic carbocycles. The average molecular weight is 377 g/mol. The third kappa shape index (κ3) is 3.70. The van der Waals surface area contributed by atoms with Gasteiger partial charge in [0.2, 0.25) is 5.91 Å². The summed E-state index contributed by atoms with van der Waals surface area (Å²) >= 11 is 1.65. The van der Waals surface area contributed by atoms with Gasteiger partial charge in [0.1, 0.15) is 0 Å². The standard InChI is InChI=1S/C22H19NO3S/c24-14-21-23(19(15-26-21)13-16-5-2-1-3-6-16)20(25)10-9-17-7-4-8-18-11-12-27-22(17)18/h1-12,14,19,21H,13,15H2/b10-9+/t19-,21?/m1/s1. The van der Waals surface area contributed by atoms with Crippen LogP contribution in [0.15, 0.2) is 66.1 Å². The molecule has 0 N–H and O–H groups in total. The van der Waals surface area contributed by atoms with Crippen molar-refractivity contribution in [3.05, 3.63) is 77.2 Å². The number of rotatable bonds is 5. The fourth-order valence-electron chi connectivity index (χ4n) is 3.43. The molecule has 1 unspecified atom stereocenters. The highest BCUT2D eigenvalue weighted by atomic mass is 32.1. The lowest BCUT2D eigenvalue weighted by Gasteiger charge is -2.24. The summed E-state index contributed by atoms with van der Waals surface area (Å²) in [6.45, 7) is 0.360. The first-order valence-electron chi connectivity index (χ1n) is 8.83. The van der Waals surface area contributed by atoms with Crippen LogP contribution in [-0.4, -0.2) is 36.0 Å². The van der Waals surface area contributed by atoms with Crippen LogP contribution in [0.5, 0.6) is 0 Å². The molecule has 0 aliphatic carbocycles. The van der Waals surface area contributed by atoms with Crippen LogP contribution in [0.2, 0.25) is 0 Å². The van der Waals surface area contributed by atoms with Gasteiger partial charge in [-0.1, -0.05) is 48.5 Å². The van der Waals surface area contributed by atoms with Crippen LogP contribution in [0.4, 0.5) is 0 Å². The van der Waals surface area contributed by atoms with Crippen molar-refractivity contribution in [3.63, 3.8) is 0 Å². The molecule has 3 aromatic rings.